The molecule has 13 heavy (non-hydrogen) atoms. The average molecular weight is 180 g/mol. The quantitative estimate of drug-likeness (QED) is 0.664. The molecule has 4 nitrogen and oxygen atoms in total. The van der Waals surface area contributed by atoms with E-state index in [1.807, 2.05) is 0 Å². The van der Waals surface area contributed by atoms with E-state index < -0.39 is 18.2 Å². The Hall–Kier alpha value is -1.55. The number of hydrogen-bond acceptors (Lipinski definition) is 3. The molecule has 1 fully saturated rings. The van der Waals surface area contributed by atoms with Crippen molar-refractivity contribution in [3.63, 3.8) is 0 Å². The third kappa shape index (κ3) is 1.48. The third-order valence-corrected chi connectivity index (χ3v) is 1.93. The minimum atomic E-state index is -0.964. The number of benzene rings is 1. The van der Waals surface area contributed by atoms with Crippen LogP contribution in [-0.4, -0.2) is 22.3 Å². The summed E-state index contributed by atoms with van der Waals surface area (Å²) in [5.74, 6) is -0.842. The molecule has 68 valence electrons. The van der Waals surface area contributed by atoms with Gasteiger partial charge in [-0.15, -0.1) is 0 Å². The van der Waals surface area contributed by atoms with Crippen molar-refractivity contribution in [3.05, 3.63) is 29.8 Å². The summed E-state index contributed by atoms with van der Waals surface area (Å²) in [5, 5.41) is 17.7. The number of carboxylic acids is 1. The minimum absolute atomic E-state index is 0.122. The van der Waals surface area contributed by atoms with E-state index in [1.165, 1.54) is 12.1 Å². The number of aromatic hydroxyl groups is 1. The van der Waals surface area contributed by atoms with Gasteiger partial charge in [0.1, 0.15) is 11.9 Å². The topological polar surface area (TPSA) is 70.1 Å². The van der Waals surface area contributed by atoms with E-state index in [9.17, 15) is 4.79 Å². The first-order valence-corrected chi connectivity index (χ1v) is 3.85. The average Bonchev–Trinajstić information content (AvgIpc) is 2.82. The molecule has 0 saturated carbocycles. The summed E-state index contributed by atoms with van der Waals surface area (Å²) < 4.78 is 4.91. The summed E-state index contributed by atoms with van der Waals surface area (Å²) in [5.41, 5.74) is 0.701. The predicted octanol–water partition coefficient (Wildman–Crippen LogP) is 0.917. The van der Waals surface area contributed by atoms with Crippen molar-refractivity contribution >= 4 is 5.97 Å². The normalized spacial score (nSPS) is 25.5. The van der Waals surface area contributed by atoms with Gasteiger partial charge in [0.25, 0.3) is 0 Å². The fourth-order valence-corrected chi connectivity index (χ4v) is 1.26. The molecule has 1 heterocycles. The van der Waals surface area contributed by atoms with Crippen molar-refractivity contribution in [3.8, 4) is 5.75 Å². The van der Waals surface area contributed by atoms with Gasteiger partial charge in [0.15, 0.2) is 6.10 Å². The fraction of sp³-hybridized carbons (Fsp3) is 0.222. The first kappa shape index (κ1) is 8.07. The molecule has 1 aromatic rings. The summed E-state index contributed by atoms with van der Waals surface area (Å²) in [7, 11) is 0. The highest BCUT2D eigenvalue weighted by molar-refractivity contribution is 5.76. The van der Waals surface area contributed by atoms with Crippen LogP contribution in [0.25, 0.3) is 0 Å². The predicted molar refractivity (Wildman–Crippen MR) is 43.4 cm³/mol. The van der Waals surface area contributed by atoms with Crippen LogP contribution in [0.4, 0.5) is 0 Å². The van der Waals surface area contributed by atoms with Gasteiger partial charge in [-0.2, -0.15) is 0 Å². The Kier molecular flexibility index (Phi) is 1.70. The molecular formula is C9H8O4. The summed E-state index contributed by atoms with van der Waals surface area (Å²) >= 11 is 0. The van der Waals surface area contributed by atoms with Crippen molar-refractivity contribution < 1.29 is 19.7 Å². The second-order valence-electron chi connectivity index (χ2n) is 2.91. The lowest BCUT2D eigenvalue weighted by molar-refractivity contribution is -0.138. The van der Waals surface area contributed by atoms with Crippen LogP contribution >= 0.6 is 0 Å². The van der Waals surface area contributed by atoms with Gasteiger partial charge in [0.05, 0.1) is 0 Å². The van der Waals surface area contributed by atoms with Crippen molar-refractivity contribution in [2.24, 2.45) is 0 Å². The number of carbonyl (C=O) groups is 1. The molecule has 4 heteroatoms. The second kappa shape index (κ2) is 2.74. The fourth-order valence-electron chi connectivity index (χ4n) is 1.26. The van der Waals surface area contributed by atoms with Crippen LogP contribution in [-0.2, 0) is 9.53 Å². The lowest BCUT2D eigenvalue weighted by Crippen LogP contribution is -2.04. The standard InChI is InChI=1S/C9H8O4/c10-6-3-1-2-5(4-6)7-8(13-7)9(11)12/h1-4,7-8,10H,(H,11,12). The molecule has 0 radical (unpaired) electrons. The molecule has 0 aromatic heterocycles. The number of aliphatic carboxylic acids is 1. The van der Waals surface area contributed by atoms with Gasteiger partial charge in [0.2, 0.25) is 0 Å². The number of phenols is 1. The van der Waals surface area contributed by atoms with Gasteiger partial charge in [-0.1, -0.05) is 12.1 Å². The highest BCUT2D eigenvalue weighted by atomic mass is 16.6. The molecule has 1 aliphatic heterocycles. The highest BCUT2D eigenvalue weighted by Gasteiger charge is 2.46. The molecule has 2 atom stereocenters. The smallest absolute Gasteiger partial charge is 0.335 e. The Balaban J connectivity index is 2.16. The summed E-state index contributed by atoms with van der Waals surface area (Å²) in [6.07, 6.45) is -1.15. The number of hydrogen-bond donors (Lipinski definition) is 2. The first-order valence-electron chi connectivity index (χ1n) is 3.85. The number of carboxylic acid groups (broad SMARTS) is 1. The van der Waals surface area contributed by atoms with Gasteiger partial charge in [-0.25, -0.2) is 4.79 Å². The van der Waals surface area contributed by atoms with Gasteiger partial charge in [0, 0.05) is 0 Å². The minimum Gasteiger partial charge on any atom is -0.508 e. The van der Waals surface area contributed by atoms with E-state index in [0.717, 1.165) is 0 Å². The maximum Gasteiger partial charge on any atom is 0.335 e. The van der Waals surface area contributed by atoms with E-state index in [4.69, 9.17) is 14.9 Å². The number of ether oxygens (including phenoxy) is 1. The number of epoxide rings is 1. The Morgan fingerprint density at radius 2 is 2.23 bits per heavy atom. The van der Waals surface area contributed by atoms with Crippen LogP contribution in [0.5, 0.6) is 5.75 Å². The zero-order chi connectivity index (χ0) is 9.42. The van der Waals surface area contributed by atoms with Crippen molar-refractivity contribution in [2.75, 3.05) is 0 Å². The first-order chi connectivity index (χ1) is 6.18. The maximum atomic E-state index is 10.4. The van der Waals surface area contributed by atoms with Crippen LogP contribution in [0.3, 0.4) is 0 Å². The molecule has 1 aromatic carbocycles. The van der Waals surface area contributed by atoms with E-state index in [1.54, 1.807) is 12.1 Å². The van der Waals surface area contributed by atoms with Crippen LogP contribution < -0.4 is 0 Å². The van der Waals surface area contributed by atoms with E-state index in [-0.39, 0.29) is 5.75 Å². The molecule has 1 saturated heterocycles. The largest absolute Gasteiger partial charge is 0.508 e. The summed E-state index contributed by atoms with van der Waals surface area (Å²) in [4.78, 5) is 10.4. The Morgan fingerprint density at radius 1 is 1.46 bits per heavy atom. The third-order valence-electron chi connectivity index (χ3n) is 1.93. The lowest BCUT2D eigenvalue weighted by Gasteiger charge is -1.95. The molecule has 0 spiro atoms. The molecule has 2 unspecified atom stereocenters. The van der Waals surface area contributed by atoms with Crippen molar-refractivity contribution in [1.29, 1.82) is 0 Å². The summed E-state index contributed by atoms with van der Waals surface area (Å²) in [6, 6.07) is 6.42. The van der Waals surface area contributed by atoms with E-state index in [0.29, 0.717) is 5.56 Å². The number of rotatable bonds is 2. The van der Waals surface area contributed by atoms with Crippen LogP contribution in [0, 0.1) is 0 Å². The van der Waals surface area contributed by atoms with E-state index >= 15 is 0 Å². The van der Waals surface area contributed by atoms with Crippen molar-refractivity contribution in [1.82, 2.24) is 0 Å². The SMILES string of the molecule is O=C(O)C1OC1c1cccc(O)c1. The Morgan fingerprint density at radius 3 is 2.77 bits per heavy atom. The Bertz CT molecular complexity index is 347. The monoisotopic (exact) mass is 180 g/mol. The van der Waals surface area contributed by atoms with Crippen LogP contribution in [0.15, 0.2) is 24.3 Å². The van der Waals surface area contributed by atoms with Crippen LogP contribution in [0.1, 0.15) is 11.7 Å². The van der Waals surface area contributed by atoms with E-state index in [2.05, 4.69) is 0 Å². The van der Waals surface area contributed by atoms with Crippen LogP contribution in [0.2, 0.25) is 0 Å². The zero-order valence-corrected chi connectivity index (χ0v) is 6.68. The zero-order valence-electron chi connectivity index (χ0n) is 6.68. The molecule has 2 N–H and O–H groups in total. The molecule has 0 amide bonds. The molecule has 2 rings (SSSR count). The second-order valence-corrected chi connectivity index (χ2v) is 2.91. The molecule has 1 aliphatic rings. The summed E-state index contributed by atoms with van der Waals surface area (Å²) in [6.45, 7) is 0. The Labute approximate surface area is 74.4 Å². The van der Waals surface area contributed by atoms with Gasteiger partial charge >= 0.3 is 5.97 Å². The molecular weight excluding hydrogens is 172 g/mol. The maximum absolute atomic E-state index is 10.4. The lowest BCUT2D eigenvalue weighted by atomic mass is 10.1. The van der Waals surface area contributed by atoms with Crippen molar-refractivity contribution in [2.45, 2.75) is 12.2 Å². The number of phenolic OH excluding ortho intramolecular Hbond substituents is 1. The van der Waals surface area contributed by atoms with Gasteiger partial charge < -0.3 is 14.9 Å². The van der Waals surface area contributed by atoms with Gasteiger partial charge in [-0.05, 0) is 17.7 Å². The molecule has 0 aliphatic carbocycles. The highest BCUT2D eigenvalue weighted by Crippen LogP contribution is 2.39. The molecule has 0 bridgehead atoms. The van der Waals surface area contributed by atoms with Gasteiger partial charge in [-0.3, -0.25) is 0 Å².